The fourth-order valence-electron chi connectivity index (χ4n) is 1.26. The van der Waals surface area contributed by atoms with Crippen LogP contribution in [0.3, 0.4) is 0 Å². The summed E-state index contributed by atoms with van der Waals surface area (Å²) in [5.74, 6) is 0.693. The van der Waals surface area contributed by atoms with Gasteiger partial charge in [0.25, 0.3) is 0 Å². The number of aliphatic hydroxyl groups excluding tert-OH is 1. The first-order chi connectivity index (χ1) is 7.48. The number of hydrogen-bond acceptors (Lipinski definition) is 4. The Morgan fingerprint density at radius 3 is 2.62 bits per heavy atom. The molecule has 1 unspecified atom stereocenters. The first-order valence-corrected chi connectivity index (χ1v) is 7.12. The van der Waals surface area contributed by atoms with Crippen LogP contribution in [0.15, 0.2) is 0 Å². The van der Waals surface area contributed by atoms with Gasteiger partial charge in [-0.3, -0.25) is 0 Å². The second-order valence-corrected chi connectivity index (χ2v) is 6.84. The first kappa shape index (κ1) is 13.9. The van der Waals surface area contributed by atoms with Crippen molar-refractivity contribution >= 4 is 10.0 Å². The first-order valence-electron chi connectivity index (χ1n) is 5.62. The van der Waals surface area contributed by atoms with E-state index in [1.807, 2.05) is 0 Å². The molecule has 0 amide bonds. The number of nitrogens with zero attached hydrogens (tertiary/aromatic N) is 1. The van der Waals surface area contributed by atoms with Gasteiger partial charge in [-0.25, -0.2) is 12.7 Å². The Bertz CT molecular complexity index is 300. The Hall–Kier alpha value is -0.170. The minimum absolute atomic E-state index is 0.347. The Balaban J connectivity index is 2.23. The van der Waals surface area contributed by atoms with Crippen molar-refractivity contribution in [2.24, 2.45) is 5.92 Å². The van der Waals surface area contributed by atoms with Crippen LogP contribution < -0.4 is 0 Å². The smallest absolute Gasteiger partial charge is 0.218 e. The summed E-state index contributed by atoms with van der Waals surface area (Å²) >= 11 is 0. The van der Waals surface area contributed by atoms with Gasteiger partial charge in [-0.05, 0) is 25.7 Å². The lowest BCUT2D eigenvalue weighted by atomic mass is 10.5. The highest BCUT2D eigenvalue weighted by Crippen LogP contribution is 2.28. The number of ether oxygens (including phenoxy) is 1. The van der Waals surface area contributed by atoms with Crippen molar-refractivity contribution in [2.45, 2.75) is 25.0 Å². The average molecular weight is 251 g/mol. The zero-order chi connectivity index (χ0) is 12.2. The van der Waals surface area contributed by atoms with E-state index in [-0.39, 0.29) is 6.61 Å². The van der Waals surface area contributed by atoms with Gasteiger partial charge < -0.3 is 9.84 Å². The van der Waals surface area contributed by atoms with Crippen LogP contribution in [-0.2, 0) is 14.8 Å². The van der Waals surface area contributed by atoms with E-state index in [4.69, 9.17) is 9.84 Å². The quantitative estimate of drug-likeness (QED) is 0.619. The molecule has 1 fully saturated rings. The van der Waals surface area contributed by atoms with Crippen molar-refractivity contribution in [2.75, 3.05) is 33.4 Å². The van der Waals surface area contributed by atoms with Gasteiger partial charge in [0.05, 0.1) is 18.5 Å². The van der Waals surface area contributed by atoms with Gasteiger partial charge in [-0.15, -0.1) is 0 Å². The molecule has 1 atom stereocenters. The molecule has 0 aliphatic heterocycles. The SMILES string of the molecule is CC(CO)S(=O)(=O)N(C)CCOCC1CC1. The van der Waals surface area contributed by atoms with E-state index in [0.717, 1.165) is 6.61 Å². The molecule has 5 nitrogen and oxygen atoms in total. The third kappa shape index (κ3) is 4.01. The van der Waals surface area contributed by atoms with Crippen LogP contribution in [0.2, 0.25) is 0 Å². The molecular formula is C10H21NO4S. The zero-order valence-corrected chi connectivity index (χ0v) is 10.7. The topological polar surface area (TPSA) is 66.8 Å². The minimum Gasteiger partial charge on any atom is -0.395 e. The van der Waals surface area contributed by atoms with Crippen LogP contribution in [0.25, 0.3) is 0 Å². The van der Waals surface area contributed by atoms with E-state index < -0.39 is 15.3 Å². The van der Waals surface area contributed by atoms with Crippen LogP contribution in [0.5, 0.6) is 0 Å². The summed E-state index contributed by atoms with van der Waals surface area (Å²) in [6, 6.07) is 0. The van der Waals surface area contributed by atoms with Crippen molar-refractivity contribution in [1.29, 1.82) is 0 Å². The van der Waals surface area contributed by atoms with E-state index in [1.165, 1.54) is 31.1 Å². The molecule has 0 saturated heterocycles. The van der Waals surface area contributed by atoms with Crippen LogP contribution in [0.1, 0.15) is 19.8 Å². The van der Waals surface area contributed by atoms with Crippen molar-refractivity contribution < 1.29 is 18.3 Å². The summed E-state index contributed by atoms with van der Waals surface area (Å²) in [7, 11) is -1.85. The van der Waals surface area contributed by atoms with E-state index in [2.05, 4.69) is 0 Å². The standard InChI is InChI=1S/C10H21NO4S/c1-9(7-12)16(13,14)11(2)5-6-15-8-10-3-4-10/h9-10,12H,3-8H2,1-2H3. The van der Waals surface area contributed by atoms with Gasteiger partial charge in [-0.2, -0.15) is 0 Å². The third-order valence-electron chi connectivity index (χ3n) is 2.80. The summed E-state index contributed by atoms with van der Waals surface area (Å²) in [6.45, 7) is 2.65. The van der Waals surface area contributed by atoms with Gasteiger partial charge >= 0.3 is 0 Å². The number of aliphatic hydroxyl groups is 1. The van der Waals surface area contributed by atoms with E-state index in [0.29, 0.717) is 19.1 Å². The van der Waals surface area contributed by atoms with Gasteiger partial charge in [0.1, 0.15) is 0 Å². The molecule has 0 heterocycles. The van der Waals surface area contributed by atoms with Gasteiger partial charge in [-0.1, -0.05) is 0 Å². The molecule has 0 bridgehead atoms. The van der Waals surface area contributed by atoms with Gasteiger partial charge in [0.2, 0.25) is 10.0 Å². The number of likely N-dealkylation sites (N-methyl/N-ethyl adjacent to an activating group) is 1. The van der Waals surface area contributed by atoms with Crippen LogP contribution in [0, 0.1) is 5.92 Å². The average Bonchev–Trinajstić information content (AvgIpc) is 3.06. The Labute approximate surface area is 97.4 Å². The summed E-state index contributed by atoms with van der Waals surface area (Å²) in [4.78, 5) is 0. The summed E-state index contributed by atoms with van der Waals surface area (Å²) in [5, 5.41) is 8.09. The molecule has 0 spiro atoms. The fourth-order valence-corrected chi connectivity index (χ4v) is 2.39. The maximum absolute atomic E-state index is 11.7. The lowest BCUT2D eigenvalue weighted by Crippen LogP contribution is -2.38. The molecule has 1 aliphatic carbocycles. The van der Waals surface area contributed by atoms with Gasteiger partial charge in [0, 0.05) is 20.2 Å². The maximum Gasteiger partial charge on any atom is 0.218 e. The highest BCUT2D eigenvalue weighted by molar-refractivity contribution is 7.89. The Morgan fingerprint density at radius 1 is 1.50 bits per heavy atom. The monoisotopic (exact) mass is 251 g/mol. The Morgan fingerprint density at radius 2 is 2.12 bits per heavy atom. The highest BCUT2D eigenvalue weighted by Gasteiger charge is 2.25. The molecule has 96 valence electrons. The largest absolute Gasteiger partial charge is 0.395 e. The predicted octanol–water partition coefficient (Wildman–Crippen LogP) is 0.0554. The molecule has 0 aromatic carbocycles. The van der Waals surface area contributed by atoms with Crippen LogP contribution >= 0.6 is 0 Å². The molecule has 16 heavy (non-hydrogen) atoms. The Kier molecular flexibility index (Phi) is 5.17. The van der Waals surface area contributed by atoms with E-state index in [1.54, 1.807) is 0 Å². The normalized spacial score (nSPS) is 19.0. The molecule has 0 radical (unpaired) electrons. The number of rotatable bonds is 8. The molecule has 1 aliphatic rings. The summed E-state index contributed by atoms with van der Waals surface area (Å²) in [6.07, 6.45) is 2.46. The van der Waals surface area contributed by atoms with Crippen molar-refractivity contribution in [3.8, 4) is 0 Å². The molecule has 6 heteroatoms. The summed E-state index contributed by atoms with van der Waals surface area (Å²) < 4.78 is 30.0. The molecule has 1 rings (SSSR count). The second-order valence-electron chi connectivity index (χ2n) is 4.38. The minimum atomic E-state index is -3.37. The number of sulfonamides is 1. The molecule has 0 aromatic rings. The molecule has 0 aromatic heterocycles. The van der Waals surface area contributed by atoms with E-state index in [9.17, 15) is 8.42 Å². The maximum atomic E-state index is 11.7. The second kappa shape index (κ2) is 5.95. The molecule has 1 N–H and O–H groups in total. The van der Waals surface area contributed by atoms with Gasteiger partial charge in [0.15, 0.2) is 0 Å². The number of hydrogen-bond donors (Lipinski definition) is 1. The third-order valence-corrected chi connectivity index (χ3v) is 5.02. The zero-order valence-electron chi connectivity index (χ0n) is 9.92. The van der Waals surface area contributed by atoms with E-state index >= 15 is 0 Å². The van der Waals surface area contributed by atoms with Crippen LogP contribution in [0.4, 0.5) is 0 Å². The van der Waals surface area contributed by atoms with Crippen molar-refractivity contribution in [3.63, 3.8) is 0 Å². The fraction of sp³-hybridized carbons (Fsp3) is 1.00. The molecule has 1 saturated carbocycles. The highest BCUT2D eigenvalue weighted by atomic mass is 32.2. The summed E-state index contributed by atoms with van der Waals surface area (Å²) in [5.41, 5.74) is 0. The van der Waals surface area contributed by atoms with Crippen molar-refractivity contribution in [3.05, 3.63) is 0 Å². The lowest BCUT2D eigenvalue weighted by molar-refractivity contribution is 0.117. The predicted molar refractivity (Wildman–Crippen MR) is 61.6 cm³/mol. The van der Waals surface area contributed by atoms with Crippen LogP contribution in [-0.4, -0.2) is 56.5 Å². The van der Waals surface area contributed by atoms with Crippen molar-refractivity contribution in [1.82, 2.24) is 4.31 Å². The lowest BCUT2D eigenvalue weighted by Gasteiger charge is -2.20. The molecular weight excluding hydrogens is 230 g/mol.